The Morgan fingerprint density at radius 2 is 0.417 bits per heavy atom. The molecule has 0 saturated heterocycles. The van der Waals surface area contributed by atoms with Crippen LogP contribution in [0, 0.1) is 0 Å². The molecule has 0 N–H and O–H groups in total. The lowest BCUT2D eigenvalue weighted by molar-refractivity contribution is 0.569. The fourth-order valence-corrected chi connectivity index (χ4v) is 28.7. The lowest BCUT2D eigenvalue weighted by Crippen LogP contribution is -2.58. The van der Waals surface area contributed by atoms with Gasteiger partial charge in [0.05, 0.1) is 22.1 Å². The van der Waals surface area contributed by atoms with E-state index in [0.29, 0.717) is 0 Å². The lowest BCUT2D eigenvalue weighted by atomic mass is 9.36. The van der Waals surface area contributed by atoms with E-state index >= 15 is 0 Å². The van der Waals surface area contributed by atoms with E-state index in [-0.39, 0.29) is 29.7 Å². The van der Waals surface area contributed by atoms with E-state index < -0.39 is 0 Å². The van der Waals surface area contributed by atoms with E-state index in [2.05, 4.69) is 514 Å². The zero-order chi connectivity index (χ0) is 96.7. The Morgan fingerprint density at radius 1 is 0.167 bits per heavy atom. The van der Waals surface area contributed by atoms with Crippen LogP contribution >= 0.6 is 47.0 Å². The summed E-state index contributed by atoms with van der Waals surface area (Å²) in [5.41, 5.74) is 39.5. The van der Waals surface area contributed by atoms with Crippen molar-refractivity contribution in [2.45, 2.75) is 118 Å². The van der Waals surface area contributed by atoms with Gasteiger partial charge in [0, 0.05) is 72.1 Å². The molecule has 22 aromatic carbocycles. The summed E-state index contributed by atoms with van der Waals surface area (Å²) < 4.78 is 4.91. The molecule has 0 fully saturated rings. The molecule has 6 heterocycles. The van der Waals surface area contributed by atoms with Crippen LogP contribution < -0.4 is 32.8 Å². The van der Waals surface area contributed by atoms with Crippen molar-refractivity contribution >= 4 is 180 Å². The minimum absolute atomic E-state index is 0.0102. The second-order valence-electron chi connectivity index (χ2n) is 42.4. The van der Waals surface area contributed by atoms with Crippen LogP contribution in [0.1, 0.15) is 79.0 Å². The van der Waals surface area contributed by atoms with E-state index in [1.165, 1.54) is 276 Å². The third kappa shape index (κ3) is 14.8. The summed E-state index contributed by atoms with van der Waals surface area (Å²) in [7, 11) is 0. The highest BCUT2D eigenvalue weighted by Gasteiger charge is 2.42. The van der Waals surface area contributed by atoms with E-state index in [9.17, 15) is 0 Å². The minimum Gasteiger partial charge on any atom is -0.309 e. The van der Waals surface area contributed by atoms with Crippen molar-refractivity contribution < 1.29 is 0 Å². The van der Waals surface area contributed by atoms with Crippen LogP contribution in [-0.4, -0.2) is 22.6 Å². The smallest absolute Gasteiger partial charge is 0.247 e. The number of para-hydroxylation sites is 4. The lowest BCUT2D eigenvalue weighted by Gasteiger charge is -2.33. The Bertz CT molecular complexity index is 9240. The molecule has 28 rings (SSSR count). The average molecular weight is 1910 g/mol. The zero-order valence-corrected chi connectivity index (χ0v) is 85.1. The first-order chi connectivity index (χ1) is 70.3. The van der Waals surface area contributed by atoms with Gasteiger partial charge in [-0.25, -0.2) is 0 Å². The highest BCUT2D eigenvalue weighted by molar-refractivity contribution is 8.02. The van der Waals surface area contributed by atoms with Crippen LogP contribution in [0.5, 0.6) is 0 Å². The van der Waals surface area contributed by atoms with Gasteiger partial charge in [-0.1, -0.05) is 453 Å². The molecular formula is C136H100B2N2S4. The van der Waals surface area contributed by atoms with Gasteiger partial charge in [-0.3, -0.25) is 0 Å². The Morgan fingerprint density at radius 3 is 0.757 bits per heavy atom. The van der Waals surface area contributed by atoms with Crippen LogP contribution in [0.4, 0.5) is 0 Å². The Kier molecular flexibility index (Phi) is 21.0. The van der Waals surface area contributed by atoms with Crippen molar-refractivity contribution in [2.24, 2.45) is 0 Å². The summed E-state index contributed by atoms with van der Waals surface area (Å²) >= 11 is 7.74. The second kappa shape index (κ2) is 34.4. The highest BCUT2D eigenvalue weighted by Crippen LogP contribution is 2.53. The van der Waals surface area contributed by atoms with Gasteiger partial charge in [0.15, 0.2) is 0 Å². The Hall–Kier alpha value is -15.0. The quantitative estimate of drug-likeness (QED) is 0.0997. The van der Waals surface area contributed by atoms with Gasteiger partial charge >= 0.3 is 0 Å². The summed E-state index contributed by atoms with van der Waals surface area (Å²) in [4.78, 5) is 10.6. The monoisotopic (exact) mass is 1910 g/mol. The summed E-state index contributed by atoms with van der Waals surface area (Å²) in [6.45, 7) is 21.3. The first kappa shape index (κ1) is 88.0. The van der Waals surface area contributed by atoms with E-state index in [0.717, 1.165) is 0 Å². The van der Waals surface area contributed by atoms with Gasteiger partial charge in [0.25, 0.3) is 0 Å². The zero-order valence-electron chi connectivity index (χ0n) is 81.8. The van der Waals surface area contributed by atoms with Crippen LogP contribution in [0.2, 0.25) is 0 Å². The number of nitrogens with zero attached hydrogens (tertiary/aromatic N) is 2. The molecule has 684 valence electrons. The summed E-state index contributed by atoms with van der Waals surface area (Å²) in [6, 6.07) is 168. The first-order valence-corrected chi connectivity index (χ1v) is 53.6. The number of hydrogen-bond acceptors (Lipinski definition) is 4. The third-order valence-corrected chi connectivity index (χ3v) is 35.1. The van der Waals surface area contributed by atoms with Crippen molar-refractivity contribution in [1.82, 2.24) is 9.13 Å². The third-order valence-electron chi connectivity index (χ3n) is 30.6. The highest BCUT2D eigenvalue weighted by atomic mass is 32.2. The normalized spacial score (nSPS) is 13.0. The van der Waals surface area contributed by atoms with Crippen molar-refractivity contribution in [1.29, 1.82) is 0 Å². The largest absolute Gasteiger partial charge is 0.309 e. The van der Waals surface area contributed by atoms with Gasteiger partial charge < -0.3 is 9.13 Å². The number of benzene rings is 22. The van der Waals surface area contributed by atoms with Gasteiger partial charge in [-0.05, 0) is 297 Å². The minimum atomic E-state index is -0.0315. The molecule has 0 saturated carbocycles. The first-order valence-electron chi connectivity index (χ1n) is 50.4. The van der Waals surface area contributed by atoms with E-state index in [1.54, 1.807) is 0 Å². The number of hydrogen-bond donors (Lipinski definition) is 0. The molecule has 0 bridgehead atoms. The van der Waals surface area contributed by atoms with Gasteiger partial charge in [-0.15, -0.1) is 0 Å². The predicted octanol–water partition coefficient (Wildman–Crippen LogP) is 34.3. The average Bonchev–Trinajstić information content (AvgIpc) is 0.822. The predicted molar refractivity (Wildman–Crippen MR) is 623 cm³/mol. The van der Waals surface area contributed by atoms with Crippen LogP contribution in [0.3, 0.4) is 0 Å². The molecule has 4 aliphatic heterocycles. The maximum atomic E-state index is 2.52. The Balaban J connectivity index is 0.000000144. The molecule has 0 unspecified atom stereocenters. The summed E-state index contributed by atoms with van der Waals surface area (Å²) in [5, 5.41) is 15.2. The molecular weight excluding hydrogens is 1810 g/mol. The van der Waals surface area contributed by atoms with Crippen LogP contribution in [-0.2, 0) is 16.2 Å². The van der Waals surface area contributed by atoms with Crippen molar-refractivity contribution in [3.05, 3.63) is 460 Å². The maximum absolute atomic E-state index is 2.52. The van der Waals surface area contributed by atoms with Gasteiger partial charge in [0.1, 0.15) is 0 Å². The van der Waals surface area contributed by atoms with E-state index in [1.807, 2.05) is 47.0 Å². The van der Waals surface area contributed by atoms with E-state index in [4.69, 9.17) is 0 Å². The molecule has 0 atom stereocenters. The number of aromatic nitrogens is 2. The summed E-state index contributed by atoms with van der Waals surface area (Å²) in [5.74, 6) is 0. The molecule has 0 aliphatic carbocycles. The summed E-state index contributed by atoms with van der Waals surface area (Å²) in [6.07, 6.45) is 0. The number of fused-ring (bicyclic) bond motifs is 18. The molecule has 0 spiro atoms. The van der Waals surface area contributed by atoms with Crippen molar-refractivity contribution in [3.8, 4) is 100 Å². The van der Waals surface area contributed by atoms with Gasteiger partial charge in [-0.2, -0.15) is 0 Å². The molecule has 24 aromatic rings. The SMILES string of the molecule is CC(C)(C)c1cc(-c2cc(-c3cc4c5c(c3)Sc3cc(-n6c7ccccc7c7ccccc76)ccc3B5c3ccccc3S4)cc(-c3c4ccccc4c(-c4ccccc4)c4ccccc34)c2)cc(C(C)(C)C)c1.CC(C)(C)c1cccc(-c2cc(-c3cc4c5c(c3)Sc3cc(-n6c7ccccc7c7ccccc76)ccc3B5c3ccccc3S4)cc(-c3c4ccccc4c(-c4ccccc4)c4ccccc34)c2)c1. The van der Waals surface area contributed by atoms with Crippen LogP contribution in [0.15, 0.2) is 482 Å². The van der Waals surface area contributed by atoms with Crippen molar-refractivity contribution in [2.75, 3.05) is 0 Å². The Labute approximate surface area is 859 Å². The molecule has 0 radical (unpaired) electrons. The molecule has 144 heavy (non-hydrogen) atoms. The fourth-order valence-electron chi connectivity index (χ4n) is 23.6. The molecule has 4 aliphatic rings. The fraction of sp³-hybridized carbons (Fsp3) is 0.0882. The van der Waals surface area contributed by atoms with Crippen molar-refractivity contribution in [3.63, 3.8) is 0 Å². The molecule has 2 nitrogen and oxygen atoms in total. The number of rotatable bonds is 10. The topological polar surface area (TPSA) is 9.86 Å². The molecule has 2 aromatic heterocycles. The maximum Gasteiger partial charge on any atom is 0.247 e. The molecule has 8 heteroatoms. The van der Waals surface area contributed by atoms with Gasteiger partial charge in [0.2, 0.25) is 13.4 Å². The second-order valence-corrected chi connectivity index (χ2v) is 46.8. The molecule has 0 amide bonds. The van der Waals surface area contributed by atoms with Crippen LogP contribution in [0.25, 0.3) is 187 Å². The standard InChI is InChI=1S/C70H54BNS2.C66H46BNS2/c1-69(2,3)49-37-46(38-50(41-49)70(4,5)6)44-34-45(36-48(35-44)67-56-26-12-10-24-54(56)66(43-20-8-7-9-21-43)55-25-11-13-27-57(55)67)47-39-64-68-65(40-47)74-63-42-51(32-33-59(63)71(68)58-28-16-19-31-62(58)73-64)72-60-29-17-14-22-52(60)53-23-15-18-30-61(53)72;1-66(2,3)47-21-17-20-42(37-47)43-34-44(36-46(35-43)64-53-26-9-7-24-51(53)63(41-18-5-4-6-19-41)52-25-8-10-27-54(52)64)45-38-61-65-62(39-45)70-60-40-48(32-33-56(60)67(65)55-28-13-16-31-59(55)69-61)68-57-29-14-11-22-49(57)50-23-12-15-30-58(50)68/h7-42H,1-6H3;4-40H,1-3H3.